The number of thiophene rings is 1. The molecule has 1 aliphatic heterocycles. The fraction of sp³-hybridized carbons (Fsp3) is 0.300. The van der Waals surface area contributed by atoms with Crippen molar-refractivity contribution in [2.75, 3.05) is 24.1 Å². The minimum atomic E-state index is -0.405. The first kappa shape index (κ1) is 24.4. The second-order valence-electron chi connectivity index (χ2n) is 10.0. The number of rotatable bonds is 4. The monoisotopic (exact) mass is 526 g/mol. The van der Waals surface area contributed by atoms with Crippen molar-refractivity contribution in [1.82, 2.24) is 9.88 Å². The Morgan fingerprint density at radius 3 is 2.45 bits per heavy atom. The lowest BCUT2D eigenvalue weighted by Crippen LogP contribution is -2.43. The van der Waals surface area contributed by atoms with Crippen LogP contribution < -0.4 is 11.1 Å². The molecular formula is C30H30N4O3S. The van der Waals surface area contributed by atoms with E-state index < -0.39 is 5.97 Å². The highest BCUT2D eigenvalue weighted by molar-refractivity contribution is 7.21. The van der Waals surface area contributed by atoms with Gasteiger partial charge in [0.1, 0.15) is 15.8 Å². The molecule has 2 amide bonds. The van der Waals surface area contributed by atoms with Crippen LogP contribution in [0.15, 0.2) is 66.7 Å². The molecule has 1 saturated heterocycles. The normalized spacial score (nSPS) is 17.7. The van der Waals surface area contributed by atoms with Gasteiger partial charge >= 0.3 is 12.0 Å². The number of hydrogen-bond donors (Lipinski definition) is 2. The summed E-state index contributed by atoms with van der Waals surface area (Å²) in [4.78, 5) is 33.5. The predicted molar refractivity (Wildman–Crippen MR) is 151 cm³/mol. The van der Waals surface area contributed by atoms with Crippen LogP contribution in [0.25, 0.3) is 10.2 Å². The second-order valence-corrected chi connectivity index (χ2v) is 11.0. The maximum absolute atomic E-state index is 13.1. The summed E-state index contributed by atoms with van der Waals surface area (Å²) in [5, 5.41) is 3.74. The van der Waals surface area contributed by atoms with Crippen LogP contribution in [0.4, 0.5) is 16.2 Å². The molecule has 3 N–H and O–H groups in total. The van der Waals surface area contributed by atoms with Crippen molar-refractivity contribution in [3.63, 3.8) is 0 Å². The summed E-state index contributed by atoms with van der Waals surface area (Å²) in [7, 11) is 0. The van der Waals surface area contributed by atoms with Gasteiger partial charge in [-0.3, -0.25) is 0 Å². The van der Waals surface area contributed by atoms with E-state index in [2.05, 4.69) is 35.6 Å². The molecule has 4 aromatic rings. The van der Waals surface area contributed by atoms with Gasteiger partial charge in [-0.15, -0.1) is 11.3 Å². The van der Waals surface area contributed by atoms with Crippen molar-refractivity contribution in [3.8, 4) is 0 Å². The van der Waals surface area contributed by atoms with Gasteiger partial charge in [-0.05, 0) is 54.5 Å². The number of nitrogens with two attached hydrogens (primary N) is 1. The van der Waals surface area contributed by atoms with Crippen LogP contribution in [0, 0.1) is 0 Å². The zero-order chi connectivity index (χ0) is 26.1. The number of benzene rings is 2. The van der Waals surface area contributed by atoms with Crippen molar-refractivity contribution in [1.29, 1.82) is 0 Å². The summed E-state index contributed by atoms with van der Waals surface area (Å²) >= 11 is 1.31. The minimum absolute atomic E-state index is 0.140. The summed E-state index contributed by atoms with van der Waals surface area (Å²) in [6.07, 6.45) is 3.83. The molecule has 38 heavy (non-hydrogen) atoms. The Labute approximate surface area is 225 Å². The van der Waals surface area contributed by atoms with Gasteiger partial charge in [0.05, 0.1) is 5.69 Å². The smallest absolute Gasteiger partial charge is 0.350 e. The third-order valence-electron chi connectivity index (χ3n) is 7.57. The van der Waals surface area contributed by atoms with Crippen LogP contribution in [0.1, 0.15) is 51.7 Å². The van der Waals surface area contributed by atoms with Crippen LogP contribution >= 0.6 is 11.3 Å². The third-order valence-corrected chi connectivity index (χ3v) is 8.67. The largest absolute Gasteiger partial charge is 0.458 e. The zero-order valence-corrected chi connectivity index (χ0v) is 21.9. The zero-order valence-electron chi connectivity index (χ0n) is 21.1. The first-order chi connectivity index (χ1) is 18.5. The second kappa shape index (κ2) is 10.5. The lowest BCUT2D eigenvalue weighted by Gasteiger charge is -2.31. The molecule has 1 unspecified atom stereocenters. The first-order valence-electron chi connectivity index (χ1n) is 13.1. The molecule has 0 saturated carbocycles. The summed E-state index contributed by atoms with van der Waals surface area (Å²) in [6.45, 7) is 1.05. The van der Waals surface area contributed by atoms with Gasteiger partial charge in [0, 0.05) is 42.7 Å². The molecule has 0 radical (unpaired) electrons. The highest BCUT2D eigenvalue weighted by Gasteiger charge is 2.29. The van der Waals surface area contributed by atoms with E-state index in [1.807, 2.05) is 36.4 Å². The summed E-state index contributed by atoms with van der Waals surface area (Å²) in [6, 6.07) is 22.0. The Hall–Kier alpha value is -3.91. The molecule has 1 aliphatic carbocycles. The number of hydrogen-bond acceptors (Lipinski definition) is 6. The van der Waals surface area contributed by atoms with Gasteiger partial charge in [0.25, 0.3) is 0 Å². The van der Waals surface area contributed by atoms with Gasteiger partial charge in [0.15, 0.2) is 0 Å². The van der Waals surface area contributed by atoms with E-state index in [0.29, 0.717) is 42.4 Å². The predicted octanol–water partition coefficient (Wildman–Crippen LogP) is 6.00. The number of carbonyl (C=O) groups excluding carboxylic acids is 2. The van der Waals surface area contributed by atoms with Crippen LogP contribution in [-0.2, 0) is 17.6 Å². The average molecular weight is 527 g/mol. The highest BCUT2D eigenvalue weighted by atomic mass is 32.1. The van der Waals surface area contributed by atoms with Crippen LogP contribution in [0.5, 0.6) is 0 Å². The quantitative estimate of drug-likeness (QED) is 0.318. The number of likely N-dealkylation sites (tertiary alicyclic amines) is 1. The number of pyridine rings is 1. The molecule has 0 bridgehead atoms. The van der Waals surface area contributed by atoms with E-state index in [9.17, 15) is 9.59 Å². The molecule has 2 aromatic heterocycles. The van der Waals surface area contributed by atoms with Gasteiger partial charge in [0.2, 0.25) is 0 Å². The number of anilines is 2. The summed E-state index contributed by atoms with van der Waals surface area (Å²) in [5.41, 5.74) is 11.3. The van der Waals surface area contributed by atoms with Gasteiger partial charge in [-0.1, -0.05) is 48.5 Å². The van der Waals surface area contributed by atoms with Gasteiger partial charge in [-0.2, -0.15) is 0 Å². The molecule has 1 atom stereocenters. The fourth-order valence-corrected chi connectivity index (χ4v) is 6.44. The molecule has 0 spiro atoms. The Balaban J connectivity index is 1.10. The number of aryl methyl sites for hydroxylation is 1. The lowest BCUT2D eigenvalue weighted by atomic mass is 9.82. The Morgan fingerprint density at radius 2 is 1.71 bits per heavy atom. The number of ether oxygens (including phenoxy) is 1. The lowest BCUT2D eigenvalue weighted by molar-refractivity contribution is 0.0164. The number of aromatic nitrogens is 1. The number of nitrogen functional groups attached to an aromatic ring is 1. The number of urea groups is 1. The number of esters is 1. The number of nitrogens with one attached hydrogen (secondary N) is 1. The van der Waals surface area contributed by atoms with E-state index in [-0.39, 0.29) is 12.1 Å². The fourth-order valence-electron chi connectivity index (χ4n) is 5.46. The first-order valence-corrected chi connectivity index (χ1v) is 13.9. The van der Waals surface area contributed by atoms with Crippen molar-refractivity contribution in [2.45, 2.75) is 44.1 Å². The molecule has 7 nitrogen and oxygen atoms in total. The van der Waals surface area contributed by atoms with Gasteiger partial charge in [-0.25, -0.2) is 14.6 Å². The Kier molecular flexibility index (Phi) is 6.72. The van der Waals surface area contributed by atoms with Crippen molar-refractivity contribution < 1.29 is 14.3 Å². The van der Waals surface area contributed by atoms with E-state index in [1.165, 1.54) is 22.5 Å². The molecule has 2 aliphatic rings. The molecule has 194 valence electrons. The van der Waals surface area contributed by atoms with Gasteiger partial charge < -0.3 is 20.7 Å². The van der Waals surface area contributed by atoms with Crippen LogP contribution in [-0.4, -0.2) is 41.1 Å². The SMILES string of the molecule is Nc1c(C(=O)OC2CCN(C(=O)Nc3ccccc3)CC2)sc2nc3c(cc12)CC(c1ccccc1)CC3. The maximum Gasteiger partial charge on any atom is 0.350 e. The topological polar surface area (TPSA) is 97.6 Å². The molecular weight excluding hydrogens is 496 g/mol. The van der Waals surface area contributed by atoms with E-state index in [1.54, 1.807) is 4.90 Å². The van der Waals surface area contributed by atoms with Crippen LogP contribution in [0.2, 0.25) is 0 Å². The van der Waals surface area contributed by atoms with E-state index in [4.69, 9.17) is 15.5 Å². The minimum Gasteiger partial charge on any atom is -0.458 e. The molecule has 1 fully saturated rings. The molecule has 3 heterocycles. The molecule has 8 heteroatoms. The van der Waals surface area contributed by atoms with Crippen LogP contribution in [0.3, 0.4) is 0 Å². The number of para-hydroxylation sites is 1. The van der Waals surface area contributed by atoms with Crippen molar-refractivity contribution in [3.05, 3.63) is 88.4 Å². The number of amides is 2. The van der Waals surface area contributed by atoms with Crippen molar-refractivity contribution >= 4 is 44.9 Å². The maximum atomic E-state index is 13.1. The van der Waals surface area contributed by atoms with Crippen molar-refractivity contribution in [2.24, 2.45) is 0 Å². The number of fused-ring (bicyclic) bond motifs is 2. The van der Waals surface area contributed by atoms with E-state index >= 15 is 0 Å². The summed E-state index contributed by atoms with van der Waals surface area (Å²) < 4.78 is 5.84. The third kappa shape index (κ3) is 4.96. The highest BCUT2D eigenvalue weighted by Crippen LogP contribution is 2.39. The standard InChI is InChI=1S/C30H30N4O3S/c31-26-24-18-21-17-20(19-7-3-1-4-8-19)11-12-25(21)33-28(24)38-27(26)29(35)37-23-13-15-34(16-14-23)30(36)32-22-9-5-2-6-10-22/h1-10,18,20,23H,11-17,31H2,(H,32,36). The average Bonchev–Trinajstić information content (AvgIpc) is 3.28. The number of nitrogens with zero attached hydrogens (tertiary/aromatic N) is 2. The summed E-state index contributed by atoms with van der Waals surface area (Å²) in [5.74, 6) is 0.0608. The number of carbonyl (C=O) groups is 2. The molecule has 6 rings (SSSR count). The Morgan fingerprint density at radius 1 is 1.00 bits per heavy atom. The number of piperidine rings is 1. The van der Waals surface area contributed by atoms with E-state index in [0.717, 1.165) is 40.9 Å². The molecule has 2 aromatic carbocycles. The Bertz CT molecular complexity index is 1460.